The van der Waals surface area contributed by atoms with Crippen LogP contribution in [0, 0.1) is 13.8 Å². The van der Waals surface area contributed by atoms with Gasteiger partial charge < -0.3 is 4.74 Å². The quantitative estimate of drug-likeness (QED) is 0.744. The van der Waals surface area contributed by atoms with Crippen LogP contribution >= 0.6 is 0 Å². The van der Waals surface area contributed by atoms with E-state index in [9.17, 15) is 18.0 Å². The Kier molecular flexibility index (Phi) is 5.15. The number of benzene rings is 2. The van der Waals surface area contributed by atoms with E-state index < -0.39 is 15.9 Å². The third kappa shape index (κ3) is 4.09. The van der Waals surface area contributed by atoms with Gasteiger partial charge in [-0.3, -0.25) is 19.9 Å². The van der Waals surface area contributed by atoms with E-state index in [1.54, 1.807) is 50.2 Å². The van der Waals surface area contributed by atoms with Gasteiger partial charge in [-0.2, -0.15) is 0 Å². The van der Waals surface area contributed by atoms with Crippen LogP contribution in [0.15, 0.2) is 47.4 Å². The van der Waals surface area contributed by atoms with Crippen molar-refractivity contribution in [2.45, 2.75) is 18.7 Å². The highest BCUT2D eigenvalue weighted by atomic mass is 32.2. The van der Waals surface area contributed by atoms with Crippen molar-refractivity contribution >= 4 is 27.5 Å². The van der Waals surface area contributed by atoms with E-state index in [0.29, 0.717) is 17.0 Å². The Morgan fingerprint density at radius 2 is 1.93 bits per heavy atom. The number of ether oxygens (including phenoxy) is 1. The molecule has 2 aromatic rings. The van der Waals surface area contributed by atoms with Crippen LogP contribution in [0.1, 0.15) is 11.1 Å². The van der Waals surface area contributed by atoms with Crippen molar-refractivity contribution in [3.63, 3.8) is 0 Å². The lowest BCUT2D eigenvalue weighted by atomic mass is 10.2. The van der Waals surface area contributed by atoms with Crippen LogP contribution in [0.3, 0.4) is 0 Å². The van der Waals surface area contributed by atoms with Crippen molar-refractivity contribution in [3.8, 4) is 5.75 Å². The lowest BCUT2D eigenvalue weighted by molar-refractivity contribution is -0.125. The lowest BCUT2D eigenvalue weighted by Crippen LogP contribution is -2.49. The minimum atomic E-state index is -3.93. The van der Waals surface area contributed by atoms with Crippen LogP contribution in [0.2, 0.25) is 0 Å². The number of para-hydroxylation sites is 2. The number of carbonyl (C=O) groups excluding carboxylic acids is 2. The molecule has 0 radical (unpaired) electrons. The topological polar surface area (TPSA) is 105 Å². The number of aryl methyl sites for hydroxylation is 2. The number of amides is 2. The molecule has 0 aliphatic carbocycles. The van der Waals surface area contributed by atoms with Crippen molar-refractivity contribution in [2.24, 2.45) is 0 Å². The van der Waals surface area contributed by atoms with Crippen molar-refractivity contribution in [1.29, 1.82) is 0 Å². The minimum absolute atomic E-state index is 0.0793. The average molecular weight is 389 g/mol. The summed E-state index contributed by atoms with van der Waals surface area (Å²) in [6, 6.07) is 11.8. The molecular weight excluding hydrogens is 370 g/mol. The van der Waals surface area contributed by atoms with Gasteiger partial charge in [0.1, 0.15) is 12.3 Å². The number of carbonyl (C=O) groups is 2. The van der Waals surface area contributed by atoms with Gasteiger partial charge in [0, 0.05) is 0 Å². The lowest BCUT2D eigenvalue weighted by Gasteiger charge is -2.28. The SMILES string of the molecule is Cc1ccc(C)c(S(=O)(=O)NNC(=O)CN2C(=O)COc3ccccc32)c1. The maximum atomic E-state index is 12.4. The highest BCUT2D eigenvalue weighted by Gasteiger charge is 2.27. The smallest absolute Gasteiger partial charge is 0.265 e. The molecule has 3 rings (SSSR count). The number of rotatable bonds is 5. The van der Waals surface area contributed by atoms with Crippen LogP contribution in [-0.2, 0) is 19.6 Å². The Bertz CT molecular complexity index is 1000. The molecule has 8 nitrogen and oxygen atoms in total. The number of hydrazine groups is 1. The highest BCUT2D eigenvalue weighted by Crippen LogP contribution is 2.31. The molecule has 1 aliphatic rings. The van der Waals surface area contributed by atoms with Gasteiger partial charge in [0.05, 0.1) is 10.6 Å². The van der Waals surface area contributed by atoms with E-state index in [4.69, 9.17) is 4.74 Å². The van der Waals surface area contributed by atoms with Gasteiger partial charge >= 0.3 is 0 Å². The molecule has 0 saturated carbocycles. The van der Waals surface area contributed by atoms with Crippen LogP contribution in [0.5, 0.6) is 5.75 Å². The van der Waals surface area contributed by atoms with Crippen molar-refractivity contribution in [2.75, 3.05) is 18.1 Å². The van der Waals surface area contributed by atoms with Crippen molar-refractivity contribution < 1.29 is 22.7 Å². The zero-order chi connectivity index (χ0) is 19.6. The molecule has 0 bridgehead atoms. The van der Waals surface area contributed by atoms with Gasteiger partial charge in [-0.25, -0.2) is 8.42 Å². The first-order chi connectivity index (χ1) is 12.8. The Labute approximate surface area is 157 Å². The molecule has 0 aromatic heterocycles. The van der Waals surface area contributed by atoms with Crippen LogP contribution in [0.25, 0.3) is 0 Å². The summed E-state index contributed by atoms with van der Waals surface area (Å²) in [4.78, 5) is 27.7. The Morgan fingerprint density at radius 3 is 2.70 bits per heavy atom. The molecule has 0 unspecified atom stereocenters. The van der Waals surface area contributed by atoms with E-state index in [2.05, 4.69) is 10.3 Å². The second kappa shape index (κ2) is 7.37. The molecule has 2 N–H and O–H groups in total. The van der Waals surface area contributed by atoms with E-state index >= 15 is 0 Å². The maximum absolute atomic E-state index is 12.4. The molecule has 27 heavy (non-hydrogen) atoms. The monoisotopic (exact) mass is 389 g/mol. The number of sulfonamides is 1. The summed E-state index contributed by atoms with van der Waals surface area (Å²) in [7, 11) is -3.93. The molecule has 2 aromatic carbocycles. The Morgan fingerprint density at radius 1 is 1.19 bits per heavy atom. The van der Waals surface area contributed by atoms with Gasteiger partial charge in [-0.15, -0.1) is 4.83 Å². The van der Waals surface area contributed by atoms with E-state index in [1.165, 1.54) is 11.0 Å². The van der Waals surface area contributed by atoms with Crippen molar-refractivity contribution in [3.05, 3.63) is 53.6 Å². The van der Waals surface area contributed by atoms with Crippen LogP contribution < -0.4 is 19.9 Å². The number of anilines is 1. The fraction of sp³-hybridized carbons (Fsp3) is 0.222. The zero-order valence-corrected chi connectivity index (χ0v) is 15.7. The summed E-state index contributed by atoms with van der Waals surface area (Å²) >= 11 is 0. The van der Waals surface area contributed by atoms with Gasteiger partial charge in [0.25, 0.3) is 21.8 Å². The Balaban J connectivity index is 1.70. The average Bonchev–Trinajstić information content (AvgIpc) is 2.64. The third-order valence-electron chi connectivity index (χ3n) is 4.07. The number of nitrogens with one attached hydrogen (secondary N) is 2. The number of fused-ring (bicyclic) bond motifs is 1. The molecule has 0 atom stereocenters. The summed E-state index contributed by atoms with van der Waals surface area (Å²) in [5, 5.41) is 0. The van der Waals surface area contributed by atoms with E-state index in [1.807, 2.05) is 0 Å². The first-order valence-corrected chi connectivity index (χ1v) is 9.66. The fourth-order valence-corrected chi connectivity index (χ4v) is 3.88. The predicted molar refractivity (Wildman–Crippen MR) is 98.7 cm³/mol. The standard InChI is InChI=1S/C18H19N3O5S/c1-12-7-8-13(2)16(9-12)27(24,25)20-19-17(22)10-21-14-5-3-4-6-15(14)26-11-18(21)23/h3-9,20H,10-11H2,1-2H3,(H,19,22). The normalized spacial score (nSPS) is 13.7. The molecule has 1 heterocycles. The fourth-order valence-electron chi connectivity index (χ4n) is 2.69. The molecule has 1 aliphatic heterocycles. The van der Waals surface area contributed by atoms with Gasteiger partial charge in [-0.05, 0) is 43.2 Å². The first kappa shape index (κ1) is 18.9. The Hall–Kier alpha value is -2.91. The number of hydrogen-bond acceptors (Lipinski definition) is 5. The summed E-state index contributed by atoms with van der Waals surface area (Å²) in [5.74, 6) is -0.573. The molecule has 0 saturated heterocycles. The van der Waals surface area contributed by atoms with Crippen molar-refractivity contribution in [1.82, 2.24) is 10.3 Å². The summed E-state index contributed by atoms with van der Waals surface area (Å²) in [6.45, 7) is 2.92. The summed E-state index contributed by atoms with van der Waals surface area (Å²) < 4.78 is 30.2. The second-order valence-electron chi connectivity index (χ2n) is 6.16. The molecule has 2 amide bonds. The molecule has 0 fully saturated rings. The molecule has 0 spiro atoms. The van der Waals surface area contributed by atoms with Crippen LogP contribution in [0.4, 0.5) is 5.69 Å². The van der Waals surface area contributed by atoms with Gasteiger partial charge in [0.2, 0.25) is 0 Å². The number of hydrogen-bond donors (Lipinski definition) is 2. The van der Waals surface area contributed by atoms with Crippen LogP contribution in [-0.4, -0.2) is 33.4 Å². The largest absolute Gasteiger partial charge is 0.482 e. The third-order valence-corrected chi connectivity index (χ3v) is 5.46. The predicted octanol–water partition coefficient (Wildman–Crippen LogP) is 1.04. The van der Waals surface area contributed by atoms with E-state index in [-0.39, 0.29) is 24.0 Å². The summed E-state index contributed by atoms with van der Waals surface area (Å²) in [6.07, 6.45) is 0. The summed E-state index contributed by atoms with van der Waals surface area (Å²) in [5.41, 5.74) is 3.95. The number of nitrogens with zero attached hydrogens (tertiary/aromatic N) is 1. The molecule has 9 heteroatoms. The second-order valence-corrected chi connectivity index (χ2v) is 7.81. The zero-order valence-electron chi connectivity index (χ0n) is 14.9. The van der Waals surface area contributed by atoms with Gasteiger partial charge in [0.15, 0.2) is 6.61 Å². The molecular formula is C18H19N3O5S. The highest BCUT2D eigenvalue weighted by molar-refractivity contribution is 7.89. The molecule has 142 valence electrons. The van der Waals surface area contributed by atoms with Gasteiger partial charge in [-0.1, -0.05) is 24.3 Å². The minimum Gasteiger partial charge on any atom is -0.482 e. The first-order valence-electron chi connectivity index (χ1n) is 8.18. The van der Waals surface area contributed by atoms with E-state index in [0.717, 1.165) is 5.56 Å². The maximum Gasteiger partial charge on any atom is 0.265 e.